The second kappa shape index (κ2) is 7.44. The Morgan fingerprint density at radius 3 is 2.56 bits per heavy atom. The number of phenolic OH excluding ortho intramolecular Hbond substituents is 1. The van der Waals surface area contributed by atoms with E-state index in [1.165, 1.54) is 12.7 Å². The maximum atomic E-state index is 10.2. The highest BCUT2D eigenvalue weighted by Crippen LogP contribution is 2.39. The fourth-order valence-corrected chi connectivity index (χ4v) is 3.32. The molecule has 2 atom stereocenters. The number of aromatic hydroxyl groups is 1. The van der Waals surface area contributed by atoms with E-state index in [2.05, 4.69) is 0 Å². The van der Waals surface area contributed by atoms with Gasteiger partial charge in [-0.05, 0) is 36.1 Å². The lowest BCUT2D eigenvalue weighted by Gasteiger charge is -2.38. The number of phenols is 1. The number of methoxy groups -OCH3 is 1. The maximum absolute atomic E-state index is 10.2. The van der Waals surface area contributed by atoms with Crippen LogP contribution in [0.2, 0.25) is 0 Å². The third-order valence-electron chi connectivity index (χ3n) is 4.60. The highest BCUT2D eigenvalue weighted by Gasteiger charge is 2.39. The minimum atomic E-state index is -1.78. The molecule has 1 heterocycles. The fraction of sp³-hybridized carbons (Fsp3) is 0.400. The van der Waals surface area contributed by atoms with E-state index in [0.29, 0.717) is 17.7 Å². The van der Waals surface area contributed by atoms with E-state index in [9.17, 15) is 15.3 Å². The molecule has 1 fully saturated rings. The van der Waals surface area contributed by atoms with Crippen LogP contribution in [0.5, 0.6) is 11.5 Å². The van der Waals surface area contributed by atoms with Crippen LogP contribution in [0.25, 0.3) is 0 Å². The fourth-order valence-electron chi connectivity index (χ4n) is 3.32. The summed E-state index contributed by atoms with van der Waals surface area (Å²) >= 11 is 0. The standard InChI is InChI=1S/C20H24O5/c1-24-18-10-8-15(11-17(18)21)19-13-20(22,23)12-16(25-19)9-7-14-5-3-2-4-6-14/h2-6,8,10-11,16,19,21-23H,7,9,12-13H2,1H3. The number of ether oxygens (including phenoxy) is 2. The van der Waals surface area contributed by atoms with Gasteiger partial charge >= 0.3 is 0 Å². The molecule has 0 aromatic heterocycles. The van der Waals surface area contributed by atoms with Gasteiger partial charge in [-0.15, -0.1) is 0 Å². The molecule has 1 aliphatic rings. The molecule has 1 saturated heterocycles. The van der Waals surface area contributed by atoms with Crippen molar-refractivity contribution in [3.63, 3.8) is 0 Å². The van der Waals surface area contributed by atoms with Gasteiger partial charge in [0.2, 0.25) is 0 Å². The van der Waals surface area contributed by atoms with Gasteiger partial charge in [0.25, 0.3) is 0 Å². The molecule has 2 aromatic rings. The number of aryl methyl sites for hydroxylation is 1. The number of hydrogen-bond donors (Lipinski definition) is 3. The first-order valence-corrected chi connectivity index (χ1v) is 8.48. The third-order valence-corrected chi connectivity index (χ3v) is 4.60. The van der Waals surface area contributed by atoms with Crippen molar-refractivity contribution in [1.29, 1.82) is 0 Å². The van der Waals surface area contributed by atoms with E-state index in [-0.39, 0.29) is 24.7 Å². The van der Waals surface area contributed by atoms with Crippen LogP contribution >= 0.6 is 0 Å². The molecule has 2 unspecified atom stereocenters. The van der Waals surface area contributed by atoms with Crippen molar-refractivity contribution in [2.45, 2.75) is 43.7 Å². The highest BCUT2D eigenvalue weighted by atomic mass is 16.5. The largest absolute Gasteiger partial charge is 0.504 e. The zero-order chi connectivity index (χ0) is 17.9. The lowest BCUT2D eigenvalue weighted by molar-refractivity contribution is -0.247. The summed E-state index contributed by atoms with van der Waals surface area (Å²) in [4.78, 5) is 0. The Kier molecular flexibility index (Phi) is 5.27. The van der Waals surface area contributed by atoms with Crippen molar-refractivity contribution < 1.29 is 24.8 Å². The number of hydrogen-bond acceptors (Lipinski definition) is 5. The molecule has 0 radical (unpaired) electrons. The van der Waals surface area contributed by atoms with Crippen LogP contribution in [0, 0.1) is 0 Å². The Bertz CT molecular complexity index is 698. The average Bonchev–Trinajstić information content (AvgIpc) is 2.59. The van der Waals surface area contributed by atoms with E-state index in [1.54, 1.807) is 18.2 Å². The summed E-state index contributed by atoms with van der Waals surface area (Å²) in [5, 5.41) is 30.4. The first-order valence-electron chi connectivity index (χ1n) is 8.48. The Morgan fingerprint density at radius 2 is 1.88 bits per heavy atom. The molecule has 3 rings (SSSR count). The highest BCUT2D eigenvalue weighted by molar-refractivity contribution is 5.42. The van der Waals surface area contributed by atoms with Gasteiger partial charge in [0.1, 0.15) is 0 Å². The van der Waals surface area contributed by atoms with Gasteiger partial charge in [0, 0.05) is 12.8 Å². The molecule has 25 heavy (non-hydrogen) atoms. The normalized spacial score (nSPS) is 22.5. The average molecular weight is 344 g/mol. The van der Waals surface area contributed by atoms with Crippen LogP contribution in [0.3, 0.4) is 0 Å². The monoisotopic (exact) mass is 344 g/mol. The van der Waals surface area contributed by atoms with Crippen molar-refractivity contribution in [1.82, 2.24) is 0 Å². The van der Waals surface area contributed by atoms with Crippen LogP contribution < -0.4 is 4.74 Å². The van der Waals surface area contributed by atoms with Crippen LogP contribution in [-0.2, 0) is 11.2 Å². The molecule has 134 valence electrons. The van der Waals surface area contributed by atoms with Gasteiger partial charge in [-0.3, -0.25) is 0 Å². The minimum Gasteiger partial charge on any atom is -0.504 e. The van der Waals surface area contributed by atoms with Crippen LogP contribution in [0.1, 0.15) is 36.5 Å². The predicted molar refractivity (Wildman–Crippen MR) is 93.4 cm³/mol. The van der Waals surface area contributed by atoms with Crippen LogP contribution in [0.15, 0.2) is 48.5 Å². The summed E-state index contributed by atoms with van der Waals surface area (Å²) in [7, 11) is 1.48. The molecule has 5 heteroatoms. The molecule has 5 nitrogen and oxygen atoms in total. The molecule has 0 saturated carbocycles. The van der Waals surface area contributed by atoms with Crippen molar-refractivity contribution in [2.24, 2.45) is 0 Å². The summed E-state index contributed by atoms with van der Waals surface area (Å²) in [5.74, 6) is -1.39. The molecule has 0 amide bonds. The Hall–Kier alpha value is -2.08. The van der Waals surface area contributed by atoms with E-state index in [4.69, 9.17) is 9.47 Å². The van der Waals surface area contributed by atoms with Crippen LogP contribution in [-0.4, -0.2) is 34.3 Å². The van der Waals surface area contributed by atoms with Gasteiger partial charge in [0.05, 0.1) is 19.3 Å². The molecular formula is C20H24O5. The van der Waals surface area contributed by atoms with Gasteiger partial charge in [0.15, 0.2) is 17.3 Å². The molecule has 3 N–H and O–H groups in total. The predicted octanol–water partition coefficient (Wildman–Crippen LogP) is 2.93. The van der Waals surface area contributed by atoms with E-state index in [0.717, 1.165) is 6.42 Å². The number of aliphatic hydroxyl groups is 2. The second-order valence-electron chi connectivity index (χ2n) is 6.59. The van der Waals surface area contributed by atoms with Crippen molar-refractivity contribution >= 4 is 0 Å². The smallest absolute Gasteiger partial charge is 0.167 e. The van der Waals surface area contributed by atoms with Gasteiger partial charge < -0.3 is 24.8 Å². The molecule has 0 aliphatic carbocycles. The third kappa shape index (κ3) is 4.51. The minimum absolute atomic E-state index is 0.0106. The number of benzene rings is 2. The maximum Gasteiger partial charge on any atom is 0.167 e. The van der Waals surface area contributed by atoms with Crippen LogP contribution in [0.4, 0.5) is 0 Å². The van der Waals surface area contributed by atoms with Crippen molar-refractivity contribution in [2.75, 3.05) is 7.11 Å². The zero-order valence-electron chi connectivity index (χ0n) is 14.3. The summed E-state index contributed by atoms with van der Waals surface area (Å²) < 4.78 is 11.1. The number of rotatable bonds is 5. The Labute approximate surface area is 147 Å². The van der Waals surface area contributed by atoms with Gasteiger partial charge in [-0.1, -0.05) is 36.4 Å². The van der Waals surface area contributed by atoms with Gasteiger partial charge in [-0.2, -0.15) is 0 Å². The summed E-state index contributed by atoms with van der Waals surface area (Å²) in [6.07, 6.45) is 1.01. The van der Waals surface area contributed by atoms with E-state index in [1.807, 2.05) is 30.3 Å². The van der Waals surface area contributed by atoms with E-state index >= 15 is 0 Å². The first-order chi connectivity index (χ1) is 12.0. The molecule has 1 aliphatic heterocycles. The SMILES string of the molecule is COc1ccc(C2CC(O)(O)CC(CCc3ccccc3)O2)cc1O. The van der Waals surface area contributed by atoms with Gasteiger partial charge in [-0.25, -0.2) is 0 Å². The second-order valence-corrected chi connectivity index (χ2v) is 6.59. The first kappa shape index (κ1) is 17.7. The summed E-state index contributed by atoms with van der Waals surface area (Å²) in [5.41, 5.74) is 1.90. The quantitative estimate of drug-likeness (QED) is 0.727. The zero-order valence-corrected chi connectivity index (χ0v) is 14.3. The Morgan fingerprint density at radius 1 is 1.12 bits per heavy atom. The van der Waals surface area contributed by atoms with E-state index < -0.39 is 11.9 Å². The summed E-state index contributed by atoms with van der Waals surface area (Å²) in [6, 6.07) is 15.0. The Balaban J connectivity index is 1.71. The molecule has 0 bridgehead atoms. The lowest BCUT2D eigenvalue weighted by Crippen LogP contribution is -2.42. The molecule has 2 aromatic carbocycles. The molecular weight excluding hydrogens is 320 g/mol. The summed E-state index contributed by atoms with van der Waals surface area (Å²) in [6.45, 7) is 0. The van der Waals surface area contributed by atoms with Crippen molar-refractivity contribution in [3.8, 4) is 11.5 Å². The lowest BCUT2D eigenvalue weighted by atomic mass is 9.91. The molecule has 0 spiro atoms. The van der Waals surface area contributed by atoms with Crippen molar-refractivity contribution in [3.05, 3.63) is 59.7 Å². The topological polar surface area (TPSA) is 79.2 Å².